The van der Waals surface area contributed by atoms with Crippen LogP contribution in [0, 0.1) is 23.7 Å². The molecule has 4 aliphatic heterocycles. The quantitative estimate of drug-likeness (QED) is 0.0371. The number of carbonyl (C=O) groups is 5. The minimum atomic E-state index is -1.07. The summed E-state index contributed by atoms with van der Waals surface area (Å²) < 4.78 is 31.9. The molecule has 3 aromatic carbocycles. The van der Waals surface area contributed by atoms with Gasteiger partial charge in [-0.15, -0.1) is 11.3 Å². The Bertz CT molecular complexity index is 3320. The van der Waals surface area contributed by atoms with Crippen LogP contribution in [0.3, 0.4) is 0 Å². The first-order chi connectivity index (χ1) is 41.9. The van der Waals surface area contributed by atoms with Crippen molar-refractivity contribution in [1.29, 1.82) is 5.26 Å². The number of aromatic nitrogens is 3. The minimum Gasteiger partial charge on any atom is -0.462 e. The fraction of sp³-hybridized carbons (Fsp3) is 0.508. The van der Waals surface area contributed by atoms with Gasteiger partial charge in [0.2, 0.25) is 23.6 Å². The van der Waals surface area contributed by atoms with E-state index in [0.717, 1.165) is 68.8 Å². The van der Waals surface area contributed by atoms with E-state index in [2.05, 4.69) is 49.4 Å². The minimum absolute atomic E-state index is 0.00696. The van der Waals surface area contributed by atoms with E-state index < -0.39 is 53.2 Å². The number of hydrogen-bond acceptors (Lipinski definition) is 17. The van der Waals surface area contributed by atoms with Crippen LogP contribution in [0.15, 0.2) is 78.6 Å². The highest BCUT2D eigenvalue weighted by molar-refractivity contribution is 7.13. The summed E-state index contributed by atoms with van der Waals surface area (Å²) in [5.74, 6) is -2.57. The van der Waals surface area contributed by atoms with Gasteiger partial charge in [0.25, 0.3) is 5.91 Å². The molecule has 2 aromatic heterocycles. The van der Waals surface area contributed by atoms with Crippen molar-refractivity contribution in [3.05, 3.63) is 106 Å². The second-order valence-corrected chi connectivity index (χ2v) is 24.8. The Labute approximate surface area is 516 Å². The van der Waals surface area contributed by atoms with Gasteiger partial charge in [0.05, 0.1) is 84.4 Å². The molecule has 3 fully saturated rings. The molecule has 464 valence electrons. The standard InChI is InChI=1S/C63H78ClFN12O9S/c1-40(65)60(82)76-28-27-75(35-45(76)18-22-66)58-48-19-25-74(51-13-7-10-43-9-6-12-49(64)55(43)51)37-50(48)70-62(72-58)86-38-46-11-8-24-73(46)26-20-53(79)67-23-30-85-32-31-84-29-21-54(80)71-57(63(3,4)5)61(83)77-36-47(78)33-52(77)59(81)68-34-42-14-16-44(17-15-42)56-41(2)69-39-87-56/h6-7,9-10,12-17,39,45-47,52,57,78H,1,8,11,18-21,23-38H2,2-5H3,(H,67,79)(H,68,81)(H,71,80)/t45-,46-,47+,52-,57+/m0/s1. The van der Waals surface area contributed by atoms with Crippen molar-refractivity contribution in [3.63, 3.8) is 0 Å². The van der Waals surface area contributed by atoms with E-state index in [1.54, 1.807) is 16.8 Å². The summed E-state index contributed by atoms with van der Waals surface area (Å²) in [6.07, 6.45) is 1.84. The average molecular weight is 1230 g/mol. The van der Waals surface area contributed by atoms with Crippen LogP contribution < -0.4 is 30.5 Å². The molecule has 5 amide bonds. The molecule has 24 heteroatoms. The molecule has 21 nitrogen and oxygen atoms in total. The van der Waals surface area contributed by atoms with E-state index >= 15 is 0 Å². The zero-order valence-corrected chi connectivity index (χ0v) is 51.5. The lowest BCUT2D eigenvalue weighted by molar-refractivity contribution is -0.144. The average Bonchev–Trinajstić information content (AvgIpc) is 1.94. The van der Waals surface area contributed by atoms with Crippen LogP contribution in [0.25, 0.3) is 21.2 Å². The number of hydrogen-bond donors (Lipinski definition) is 4. The Morgan fingerprint density at radius 2 is 1.68 bits per heavy atom. The number of benzene rings is 3. The van der Waals surface area contributed by atoms with Crippen LogP contribution in [0.2, 0.25) is 5.02 Å². The lowest BCUT2D eigenvalue weighted by Gasteiger charge is -2.42. The Balaban J connectivity index is 0.694. The maximum absolute atomic E-state index is 14.1. The lowest BCUT2D eigenvalue weighted by atomic mass is 9.85. The number of anilines is 2. The lowest BCUT2D eigenvalue weighted by Crippen LogP contribution is -2.57. The zero-order valence-electron chi connectivity index (χ0n) is 49.9. The number of piperazine rings is 1. The molecular formula is C63H78ClFN12O9S. The zero-order chi connectivity index (χ0) is 61.8. The van der Waals surface area contributed by atoms with Crippen LogP contribution >= 0.6 is 22.9 Å². The predicted octanol–water partition coefficient (Wildman–Crippen LogP) is 6.27. The van der Waals surface area contributed by atoms with E-state index in [0.29, 0.717) is 50.0 Å². The van der Waals surface area contributed by atoms with Crippen molar-refractivity contribution < 1.29 is 47.7 Å². The first-order valence-electron chi connectivity index (χ1n) is 29.8. The molecule has 0 aliphatic carbocycles. The van der Waals surface area contributed by atoms with Crippen molar-refractivity contribution in [2.24, 2.45) is 5.41 Å². The molecule has 5 aromatic rings. The van der Waals surface area contributed by atoms with Crippen molar-refractivity contribution in [2.75, 3.05) is 95.2 Å². The number of β-amino-alcohol motifs (C(OH)–C–C–N with tert-alkyl or cyclic N) is 1. The molecule has 6 heterocycles. The molecule has 4 aliphatic rings. The van der Waals surface area contributed by atoms with E-state index in [4.69, 9.17) is 35.8 Å². The third-order valence-corrected chi connectivity index (χ3v) is 17.7. The summed E-state index contributed by atoms with van der Waals surface area (Å²) >= 11 is 8.35. The third-order valence-electron chi connectivity index (χ3n) is 16.5. The Hall–Kier alpha value is -7.33. The van der Waals surface area contributed by atoms with Gasteiger partial charge in [-0.05, 0) is 66.8 Å². The summed E-state index contributed by atoms with van der Waals surface area (Å²) in [7, 11) is 0. The van der Waals surface area contributed by atoms with Gasteiger partial charge < -0.3 is 54.9 Å². The van der Waals surface area contributed by atoms with Gasteiger partial charge in [0, 0.05) is 94.3 Å². The van der Waals surface area contributed by atoms with Gasteiger partial charge in [-0.1, -0.05) is 87.5 Å². The second kappa shape index (κ2) is 29.6. The first kappa shape index (κ1) is 64.2. The van der Waals surface area contributed by atoms with Crippen molar-refractivity contribution in [1.82, 2.24) is 45.6 Å². The fourth-order valence-electron chi connectivity index (χ4n) is 11.9. The predicted molar refractivity (Wildman–Crippen MR) is 330 cm³/mol. The van der Waals surface area contributed by atoms with E-state index in [1.807, 2.05) is 87.2 Å². The summed E-state index contributed by atoms with van der Waals surface area (Å²) in [4.78, 5) is 91.3. The second-order valence-electron chi connectivity index (χ2n) is 23.6. The summed E-state index contributed by atoms with van der Waals surface area (Å²) in [6.45, 7) is 15.5. The van der Waals surface area contributed by atoms with Crippen LogP contribution in [-0.4, -0.2) is 180 Å². The summed E-state index contributed by atoms with van der Waals surface area (Å²) in [6, 6.07) is 19.7. The number of ether oxygens (including phenoxy) is 3. The van der Waals surface area contributed by atoms with Gasteiger partial charge >= 0.3 is 6.01 Å². The van der Waals surface area contributed by atoms with Crippen LogP contribution in [-0.2, 0) is 53.0 Å². The molecule has 3 saturated heterocycles. The van der Waals surface area contributed by atoms with Gasteiger partial charge in [0.15, 0.2) is 5.83 Å². The third kappa shape index (κ3) is 16.3. The molecule has 5 atom stereocenters. The highest BCUT2D eigenvalue weighted by atomic mass is 35.5. The van der Waals surface area contributed by atoms with Gasteiger partial charge in [0.1, 0.15) is 24.5 Å². The number of aryl methyl sites for hydroxylation is 1. The number of rotatable bonds is 25. The van der Waals surface area contributed by atoms with E-state index in [9.17, 15) is 38.7 Å². The van der Waals surface area contributed by atoms with Gasteiger partial charge in [-0.25, -0.2) is 9.37 Å². The smallest absolute Gasteiger partial charge is 0.318 e. The van der Waals surface area contributed by atoms with Gasteiger partial charge in [-0.2, -0.15) is 15.2 Å². The Morgan fingerprint density at radius 1 is 0.908 bits per heavy atom. The number of amides is 5. The molecule has 0 bridgehead atoms. The summed E-state index contributed by atoms with van der Waals surface area (Å²) in [5, 5.41) is 31.7. The van der Waals surface area contributed by atoms with Crippen molar-refractivity contribution >= 4 is 74.8 Å². The number of aliphatic hydroxyl groups is 1. The number of aliphatic hydroxyl groups excluding tert-OH is 1. The van der Waals surface area contributed by atoms with E-state index in [-0.39, 0.29) is 109 Å². The molecular weight excluding hydrogens is 1160 g/mol. The molecule has 9 rings (SSSR count). The number of nitrogens with zero attached hydrogens (tertiary/aromatic N) is 9. The topological polar surface area (TPSA) is 248 Å². The van der Waals surface area contributed by atoms with E-state index in [1.165, 1.54) is 9.80 Å². The normalized spacial score (nSPS) is 19.1. The summed E-state index contributed by atoms with van der Waals surface area (Å²) in [5.41, 5.74) is 6.68. The van der Waals surface area contributed by atoms with Crippen molar-refractivity contribution in [2.45, 2.75) is 116 Å². The monoisotopic (exact) mass is 1230 g/mol. The highest BCUT2D eigenvalue weighted by Crippen LogP contribution is 2.38. The van der Waals surface area contributed by atoms with Crippen LogP contribution in [0.1, 0.15) is 81.8 Å². The fourth-order valence-corrected chi connectivity index (χ4v) is 12.9. The maximum Gasteiger partial charge on any atom is 0.318 e. The molecule has 0 radical (unpaired) electrons. The number of fused-ring (bicyclic) bond motifs is 2. The molecule has 87 heavy (non-hydrogen) atoms. The maximum atomic E-state index is 14.1. The SMILES string of the molecule is C=C(F)C(=O)N1CCN(c2nc(OC[C@@H]3CCCN3CCC(=O)NCCOCCOCCC(=O)N[C@H](C(=O)N3C[C@H](O)C[C@H]3C(=O)NCc3ccc(-c4scnc4C)cc3)C(C)(C)C)nc3c2CCN(c2cccc4cccc(Cl)c24)C3)C[C@@H]1CC#N. The number of nitrogens with one attached hydrogen (secondary N) is 3. The number of carbonyl (C=O) groups excluding carboxylic acids is 5. The van der Waals surface area contributed by atoms with Crippen molar-refractivity contribution in [3.8, 4) is 22.5 Å². The molecule has 0 spiro atoms. The van der Waals surface area contributed by atoms with Crippen LogP contribution in [0.5, 0.6) is 6.01 Å². The Kier molecular flexibility index (Phi) is 21.8. The van der Waals surface area contributed by atoms with Gasteiger partial charge in [-0.3, -0.25) is 28.9 Å². The first-order valence-corrected chi connectivity index (χ1v) is 31.1. The van der Waals surface area contributed by atoms with Crippen LogP contribution in [0.4, 0.5) is 15.9 Å². The number of halogens is 2. The molecule has 0 unspecified atom stereocenters. The Morgan fingerprint density at radius 3 is 2.41 bits per heavy atom. The molecule has 4 N–H and O–H groups in total. The highest BCUT2D eigenvalue weighted by Gasteiger charge is 2.45. The number of likely N-dealkylation sites (tertiary alicyclic amines) is 2. The number of thiazole rings is 1. The number of nitriles is 1. The molecule has 0 saturated carbocycles. The largest absolute Gasteiger partial charge is 0.462 e.